The van der Waals surface area contributed by atoms with E-state index >= 15 is 0 Å². The molecule has 0 saturated carbocycles. The van der Waals surface area contributed by atoms with Crippen LogP contribution in [0.3, 0.4) is 0 Å². The molecule has 0 spiro atoms. The van der Waals surface area contributed by atoms with Gasteiger partial charge in [-0.2, -0.15) is 0 Å². The van der Waals surface area contributed by atoms with Crippen molar-refractivity contribution in [3.05, 3.63) is 24.3 Å². The standard InChI is InChI=1S/C65H123NO13/c1-3-5-7-9-11-13-15-17-18-19-20-21-22-23-24-25-26-27-28-29-30-31-32-33-34-35-36-37-39-41-43-45-47-49-57(70)66-53(54(69)48-46-44-42-40-38-16-14-12-10-8-6-4-2)52-76-64-62(75)60(73)63(56(51-68)78-64)79-65-61(74)59(72)58(71)55(50-67)77-65/h38,40,46,48,53-56,58-65,67-69,71-75H,3-37,39,41-45,47,49-52H2,1-2H3,(H,66,70)/b40-38+,48-46+. The average molecular weight is 1130 g/mol. The molecular formula is C65H123NO13. The van der Waals surface area contributed by atoms with Gasteiger partial charge in [0.1, 0.15) is 48.8 Å². The maximum atomic E-state index is 13.3. The van der Waals surface area contributed by atoms with Gasteiger partial charge in [0.2, 0.25) is 5.91 Å². The zero-order chi connectivity index (χ0) is 57.4. The zero-order valence-electron chi connectivity index (χ0n) is 50.4. The number of hydrogen-bond donors (Lipinski definition) is 9. The Morgan fingerprint density at radius 1 is 0.443 bits per heavy atom. The van der Waals surface area contributed by atoms with Gasteiger partial charge in [-0.15, -0.1) is 0 Å². The summed E-state index contributed by atoms with van der Waals surface area (Å²) in [5.41, 5.74) is 0. The molecular weight excluding hydrogens is 1000 g/mol. The predicted molar refractivity (Wildman–Crippen MR) is 318 cm³/mol. The van der Waals surface area contributed by atoms with Crippen molar-refractivity contribution in [3.8, 4) is 0 Å². The summed E-state index contributed by atoms with van der Waals surface area (Å²) >= 11 is 0. The number of allylic oxidation sites excluding steroid dienone is 3. The Hall–Kier alpha value is -1.53. The number of aliphatic hydroxyl groups is 8. The van der Waals surface area contributed by atoms with E-state index in [2.05, 4.69) is 31.3 Å². The van der Waals surface area contributed by atoms with E-state index in [9.17, 15) is 45.6 Å². The fourth-order valence-corrected chi connectivity index (χ4v) is 11.1. The number of hydrogen-bond acceptors (Lipinski definition) is 13. The third kappa shape index (κ3) is 36.0. The second-order valence-corrected chi connectivity index (χ2v) is 23.6. The Morgan fingerprint density at radius 2 is 0.810 bits per heavy atom. The summed E-state index contributed by atoms with van der Waals surface area (Å²) in [7, 11) is 0. The van der Waals surface area contributed by atoms with Crippen LogP contribution < -0.4 is 5.32 Å². The van der Waals surface area contributed by atoms with Gasteiger partial charge in [-0.25, -0.2) is 0 Å². The molecule has 0 aliphatic carbocycles. The third-order valence-electron chi connectivity index (χ3n) is 16.4. The Balaban J connectivity index is 1.60. The van der Waals surface area contributed by atoms with Crippen molar-refractivity contribution in [1.29, 1.82) is 0 Å². The minimum absolute atomic E-state index is 0.245. The highest BCUT2D eigenvalue weighted by atomic mass is 16.7. The number of unbranched alkanes of at least 4 members (excludes halogenated alkanes) is 39. The van der Waals surface area contributed by atoms with E-state index in [0.29, 0.717) is 12.8 Å². The minimum atomic E-state index is -1.79. The summed E-state index contributed by atoms with van der Waals surface area (Å²) in [6.45, 7) is 2.79. The van der Waals surface area contributed by atoms with E-state index in [1.165, 1.54) is 225 Å². The van der Waals surface area contributed by atoms with Crippen LogP contribution in [0.15, 0.2) is 24.3 Å². The fraction of sp³-hybridized carbons (Fsp3) is 0.923. The van der Waals surface area contributed by atoms with Crippen LogP contribution in [0, 0.1) is 0 Å². The van der Waals surface area contributed by atoms with E-state index in [0.717, 1.165) is 32.1 Å². The topological polar surface area (TPSA) is 228 Å². The number of aliphatic hydroxyl groups excluding tert-OH is 8. The second kappa shape index (κ2) is 50.9. The van der Waals surface area contributed by atoms with Crippen molar-refractivity contribution in [2.75, 3.05) is 19.8 Å². The van der Waals surface area contributed by atoms with Crippen molar-refractivity contribution < 1.29 is 64.6 Å². The van der Waals surface area contributed by atoms with Gasteiger partial charge >= 0.3 is 0 Å². The zero-order valence-corrected chi connectivity index (χ0v) is 50.4. The number of ether oxygens (including phenoxy) is 4. The van der Waals surface area contributed by atoms with Crippen molar-refractivity contribution in [2.24, 2.45) is 0 Å². The van der Waals surface area contributed by atoms with Gasteiger partial charge < -0.3 is 65.1 Å². The van der Waals surface area contributed by atoms with Gasteiger partial charge in [0.25, 0.3) is 0 Å². The molecule has 14 heteroatoms. The van der Waals surface area contributed by atoms with E-state index in [4.69, 9.17) is 18.9 Å². The van der Waals surface area contributed by atoms with Crippen molar-refractivity contribution in [3.63, 3.8) is 0 Å². The summed E-state index contributed by atoms with van der Waals surface area (Å²) in [5, 5.41) is 87.0. The van der Waals surface area contributed by atoms with Crippen LogP contribution in [0.4, 0.5) is 0 Å². The summed E-state index contributed by atoms with van der Waals surface area (Å²) in [4.78, 5) is 13.3. The highest BCUT2D eigenvalue weighted by Crippen LogP contribution is 2.30. The lowest BCUT2D eigenvalue weighted by Crippen LogP contribution is -2.65. The lowest BCUT2D eigenvalue weighted by molar-refractivity contribution is -0.359. The monoisotopic (exact) mass is 1130 g/mol. The first-order chi connectivity index (χ1) is 38.6. The van der Waals surface area contributed by atoms with Crippen LogP contribution in [0.2, 0.25) is 0 Å². The summed E-state index contributed by atoms with van der Waals surface area (Å²) < 4.78 is 22.8. The van der Waals surface area contributed by atoms with Gasteiger partial charge in [-0.05, 0) is 32.1 Å². The molecule has 466 valence electrons. The predicted octanol–water partition coefficient (Wildman–Crippen LogP) is 12.4. The molecule has 2 saturated heterocycles. The molecule has 12 atom stereocenters. The molecule has 79 heavy (non-hydrogen) atoms. The van der Waals surface area contributed by atoms with Crippen molar-refractivity contribution in [2.45, 2.75) is 364 Å². The average Bonchev–Trinajstić information content (AvgIpc) is 3.48. The molecule has 0 aromatic heterocycles. The van der Waals surface area contributed by atoms with Gasteiger partial charge in [0.05, 0.1) is 32.0 Å². The van der Waals surface area contributed by atoms with Gasteiger partial charge in [0.15, 0.2) is 12.6 Å². The van der Waals surface area contributed by atoms with Gasteiger partial charge in [-0.3, -0.25) is 4.79 Å². The first kappa shape index (κ1) is 73.6. The summed E-state index contributed by atoms with van der Waals surface area (Å²) in [6.07, 6.45) is 45.5. The normalized spacial score (nSPS) is 24.5. The molecule has 14 nitrogen and oxygen atoms in total. The molecule has 2 heterocycles. The van der Waals surface area contributed by atoms with E-state index < -0.39 is 86.8 Å². The lowest BCUT2D eigenvalue weighted by atomic mass is 9.97. The molecule has 12 unspecified atom stereocenters. The third-order valence-corrected chi connectivity index (χ3v) is 16.4. The quantitative estimate of drug-likeness (QED) is 0.0204. The van der Waals surface area contributed by atoms with Gasteiger partial charge in [0, 0.05) is 6.42 Å². The van der Waals surface area contributed by atoms with E-state index in [-0.39, 0.29) is 18.9 Å². The number of carbonyl (C=O) groups is 1. The molecule has 9 N–H and O–H groups in total. The maximum absolute atomic E-state index is 13.3. The molecule has 2 aliphatic heterocycles. The number of rotatable bonds is 54. The van der Waals surface area contributed by atoms with Crippen LogP contribution >= 0.6 is 0 Å². The number of nitrogens with one attached hydrogen (secondary N) is 1. The molecule has 2 aliphatic rings. The molecule has 0 bridgehead atoms. The molecule has 1 amide bonds. The number of amides is 1. The Bertz CT molecular complexity index is 1420. The molecule has 0 aromatic carbocycles. The number of carbonyl (C=O) groups excluding carboxylic acids is 1. The van der Waals surface area contributed by atoms with Gasteiger partial charge in [-0.1, -0.05) is 276 Å². The lowest BCUT2D eigenvalue weighted by Gasteiger charge is -2.46. The molecule has 0 radical (unpaired) electrons. The molecule has 2 fully saturated rings. The van der Waals surface area contributed by atoms with Crippen LogP contribution in [-0.2, 0) is 23.7 Å². The highest BCUT2D eigenvalue weighted by molar-refractivity contribution is 5.76. The van der Waals surface area contributed by atoms with Crippen LogP contribution in [0.25, 0.3) is 0 Å². The molecule has 2 rings (SSSR count). The minimum Gasteiger partial charge on any atom is -0.394 e. The van der Waals surface area contributed by atoms with Crippen LogP contribution in [0.5, 0.6) is 0 Å². The second-order valence-electron chi connectivity index (χ2n) is 23.6. The Labute approximate surface area is 481 Å². The largest absolute Gasteiger partial charge is 0.394 e. The summed E-state index contributed by atoms with van der Waals surface area (Å²) in [6, 6.07) is -0.927. The Morgan fingerprint density at radius 3 is 1.24 bits per heavy atom. The molecule has 0 aromatic rings. The van der Waals surface area contributed by atoms with E-state index in [1.807, 2.05) is 6.08 Å². The first-order valence-electron chi connectivity index (χ1n) is 33.1. The SMILES string of the molecule is CCCCCCCC/C=C/CC/C=C/C(O)C(COC1OC(CO)C(OC2OC(CO)C(O)C(O)C2O)C(O)C1O)NC(=O)CCCCCCCCCCCCCCCCCCCCCCCCCCCCCCCCCCC. The van der Waals surface area contributed by atoms with Crippen LogP contribution in [0.1, 0.15) is 290 Å². The highest BCUT2D eigenvalue weighted by Gasteiger charge is 2.51. The van der Waals surface area contributed by atoms with Crippen molar-refractivity contribution >= 4 is 5.91 Å². The maximum Gasteiger partial charge on any atom is 0.220 e. The van der Waals surface area contributed by atoms with E-state index in [1.54, 1.807) is 6.08 Å². The smallest absolute Gasteiger partial charge is 0.220 e. The Kier molecular flexibility index (Phi) is 47.4. The first-order valence-corrected chi connectivity index (χ1v) is 33.1. The van der Waals surface area contributed by atoms with Crippen molar-refractivity contribution in [1.82, 2.24) is 5.32 Å². The summed E-state index contributed by atoms with van der Waals surface area (Å²) in [5.74, 6) is -0.245. The van der Waals surface area contributed by atoms with Crippen LogP contribution in [-0.4, -0.2) is 140 Å². The fourth-order valence-electron chi connectivity index (χ4n) is 11.1.